The summed E-state index contributed by atoms with van der Waals surface area (Å²) < 4.78 is 7.08. The van der Waals surface area contributed by atoms with E-state index >= 15 is 0 Å². The van der Waals surface area contributed by atoms with Crippen molar-refractivity contribution in [3.63, 3.8) is 0 Å². The van der Waals surface area contributed by atoms with Crippen LogP contribution >= 0.6 is 24.0 Å². The molecule has 2 heterocycles. The van der Waals surface area contributed by atoms with Gasteiger partial charge in [-0.25, -0.2) is 9.79 Å². The SMILES string of the molecule is CCNC(=NCc1c(CC)nn(C)c1CC)N1CCN(C(=O)OCC)CC1.I. The van der Waals surface area contributed by atoms with Crippen LogP contribution in [0, 0.1) is 0 Å². The summed E-state index contributed by atoms with van der Waals surface area (Å²) in [6.07, 6.45) is 1.63. The van der Waals surface area contributed by atoms with Crippen LogP contribution in [0.2, 0.25) is 0 Å². The molecule has 2 rings (SSSR count). The highest BCUT2D eigenvalue weighted by Gasteiger charge is 2.24. The first-order chi connectivity index (χ1) is 13.0. The molecule has 8 nitrogen and oxygen atoms in total. The van der Waals surface area contributed by atoms with Gasteiger partial charge in [0.25, 0.3) is 0 Å². The van der Waals surface area contributed by atoms with Crippen molar-refractivity contribution in [2.75, 3.05) is 39.3 Å². The summed E-state index contributed by atoms with van der Waals surface area (Å²) in [4.78, 5) is 20.7. The molecule has 0 saturated carbocycles. The van der Waals surface area contributed by atoms with Crippen molar-refractivity contribution in [3.05, 3.63) is 17.0 Å². The summed E-state index contributed by atoms with van der Waals surface area (Å²) in [6, 6.07) is 0. The lowest BCUT2D eigenvalue weighted by Gasteiger charge is -2.35. The highest BCUT2D eigenvalue weighted by Crippen LogP contribution is 2.17. The first-order valence-corrected chi connectivity index (χ1v) is 10.0. The van der Waals surface area contributed by atoms with Crippen LogP contribution in [0.1, 0.15) is 44.6 Å². The fourth-order valence-electron chi connectivity index (χ4n) is 3.47. The molecule has 0 spiro atoms. The predicted octanol–water partition coefficient (Wildman–Crippen LogP) is 2.40. The van der Waals surface area contributed by atoms with E-state index in [-0.39, 0.29) is 30.1 Å². The molecule has 1 aliphatic rings. The van der Waals surface area contributed by atoms with Crippen molar-refractivity contribution in [1.82, 2.24) is 24.9 Å². The minimum absolute atomic E-state index is 0. The predicted molar refractivity (Wildman–Crippen MR) is 122 cm³/mol. The van der Waals surface area contributed by atoms with Crippen LogP contribution in [0.25, 0.3) is 0 Å². The molecule has 0 aromatic carbocycles. The Morgan fingerprint density at radius 3 is 2.29 bits per heavy atom. The molecule has 1 aromatic rings. The lowest BCUT2D eigenvalue weighted by atomic mass is 10.1. The van der Waals surface area contributed by atoms with Crippen LogP contribution in [0.3, 0.4) is 0 Å². The maximum absolute atomic E-state index is 11.9. The molecule has 1 fully saturated rings. The Morgan fingerprint density at radius 2 is 1.75 bits per heavy atom. The molecular weight excluding hydrogens is 471 g/mol. The minimum Gasteiger partial charge on any atom is -0.450 e. The van der Waals surface area contributed by atoms with Gasteiger partial charge in [-0.2, -0.15) is 5.10 Å². The monoisotopic (exact) mass is 506 g/mol. The number of piperazine rings is 1. The van der Waals surface area contributed by atoms with E-state index in [4.69, 9.17) is 9.73 Å². The van der Waals surface area contributed by atoms with E-state index in [0.717, 1.165) is 44.1 Å². The molecule has 160 valence electrons. The zero-order valence-corrected chi connectivity index (χ0v) is 20.2. The Kier molecular flexibility index (Phi) is 10.6. The molecule has 1 aromatic heterocycles. The van der Waals surface area contributed by atoms with Crippen molar-refractivity contribution in [3.8, 4) is 0 Å². The Balaban J connectivity index is 0.00000392. The van der Waals surface area contributed by atoms with Crippen LogP contribution in [0.5, 0.6) is 0 Å². The van der Waals surface area contributed by atoms with E-state index in [9.17, 15) is 4.79 Å². The average Bonchev–Trinajstić information content (AvgIpc) is 3.00. The van der Waals surface area contributed by atoms with Gasteiger partial charge in [0.1, 0.15) is 0 Å². The number of nitrogens with zero attached hydrogens (tertiary/aromatic N) is 5. The number of aryl methyl sites for hydroxylation is 2. The fourth-order valence-corrected chi connectivity index (χ4v) is 3.47. The third-order valence-electron chi connectivity index (χ3n) is 4.85. The molecule has 0 unspecified atom stereocenters. The van der Waals surface area contributed by atoms with E-state index < -0.39 is 0 Å². The molecule has 1 amide bonds. The van der Waals surface area contributed by atoms with Gasteiger partial charge in [0.2, 0.25) is 0 Å². The second-order valence-electron chi connectivity index (χ2n) is 6.55. The number of hydrogen-bond donors (Lipinski definition) is 1. The number of amides is 1. The normalized spacial score (nSPS) is 14.7. The first-order valence-electron chi connectivity index (χ1n) is 10.0. The van der Waals surface area contributed by atoms with E-state index in [2.05, 4.69) is 36.1 Å². The van der Waals surface area contributed by atoms with Gasteiger partial charge in [-0.3, -0.25) is 4.68 Å². The molecule has 1 aliphatic heterocycles. The summed E-state index contributed by atoms with van der Waals surface area (Å²) in [5, 5.41) is 8.03. The van der Waals surface area contributed by atoms with Crippen LogP contribution in [0.4, 0.5) is 4.79 Å². The quantitative estimate of drug-likeness (QED) is 0.365. The number of hydrogen-bond acceptors (Lipinski definition) is 4. The number of aromatic nitrogens is 2. The zero-order valence-electron chi connectivity index (χ0n) is 17.8. The maximum atomic E-state index is 11.9. The summed E-state index contributed by atoms with van der Waals surface area (Å²) in [5.74, 6) is 0.897. The molecule has 0 atom stereocenters. The summed E-state index contributed by atoms with van der Waals surface area (Å²) in [7, 11) is 2.00. The summed E-state index contributed by atoms with van der Waals surface area (Å²) >= 11 is 0. The van der Waals surface area contributed by atoms with Crippen molar-refractivity contribution >= 4 is 36.0 Å². The van der Waals surface area contributed by atoms with Crippen LogP contribution in [-0.4, -0.2) is 71.0 Å². The summed E-state index contributed by atoms with van der Waals surface area (Å²) in [6.45, 7) is 12.8. The minimum atomic E-state index is -0.227. The number of aliphatic imine (C=N–C) groups is 1. The highest BCUT2D eigenvalue weighted by molar-refractivity contribution is 14.0. The lowest BCUT2D eigenvalue weighted by Crippen LogP contribution is -2.53. The van der Waals surface area contributed by atoms with Gasteiger partial charge in [0.05, 0.1) is 18.8 Å². The van der Waals surface area contributed by atoms with Gasteiger partial charge in [0.15, 0.2) is 5.96 Å². The van der Waals surface area contributed by atoms with Crippen molar-refractivity contribution in [1.29, 1.82) is 0 Å². The number of guanidine groups is 1. The second kappa shape index (κ2) is 12.1. The van der Waals surface area contributed by atoms with Gasteiger partial charge in [-0.15, -0.1) is 24.0 Å². The molecule has 28 heavy (non-hydrogen) atoms. The molecular formula is C19H35IN6O2. The third kappa shape index (κ3) is 5.99. The number of halogens is 1. The van der Waals surface area contributed by atoms with Gasteiger partial charge in [0, 0.05) is 51.0 Å². The smallest absolute Gasteiger partial charge is 0.409 e. The Bertz CT molecular complexity index is 653. The van der Waals surface area contributed by atoms with E-state index in [1.807, 2.05) is 18.7 Å². The average molecular weight is 506 g/mol. The number of carbonyl (C=O) groups is 1. The topological polar surface area (TPSA) is 75.0 Å². The number of nitrogens with one attached hydrogen (secondary N) is 1. The molecule has 0 bridgehead atoms. The van der Waals surface area contributed by atoms with Gasteiger partial charge < -0.3 is 19.9 Å². The molecule has 0 radical (unpaired) electrons. The zero-order chi connectivity index (χ0) is 19.8. The molecule has 0 aliphatic carbocycles. The van der Waals surface area contributed by atoms with Gasteiger partial charge in [-0.1, -0.05) is 13.8 Å². The van der Waals surface area contributed by atoms with Crippen LogP contribution in [0.15, 0.2) is 4.99 Å². The molecule has 1 N–H and O–H groups in total. The molecule has 9 heteroatoms. The summed E-state index contributed by atoms with van der Waals surface area (Å²) in [5.41, 5.74) is 3.61. The van der Waals surface area contributed by atoms with Crippen molar-refractivity contribution < 1.29 is 9.53 Å². The Labute approximate surface area is 185 Å². The lowest BCUT2D eigenvalue weighted by molar-refractivity contribution is 0.0914. The fraction of sp³-hybridized carbons (Fsp3) is 0.737. The van der Waals surface area contributed by atoms with Gasteiger partial charge >= 0.3 is 6.09 Å². The number of carbonyl (C=O) groups excluding carboxylic acids is 1. The maximum Gasteiger partial charge on any atom is 0.409 e. The van der Waals surface area contributed by atoms with Crippen molar-refractivity contribution in [2.45, 2.75) is 47.1 Å². The molecule has 1 saturated heterocycles. The van der Waals surface area contributed by atoms with Crippen LogP contribution < -0.4 is 5.32 Å². The number of ether oxygens (including phenoxy) is 1. The first kappa shape index (κ1) is 24.5. The Hall–Kier alpha value is -1.52. The highest BCUT2D eigenvalue weighted by atomic mass is 127. The van der Waals surface area contributed by atoms with E-state index in [1.165, 1.54) is 11.3 Å². The Morgan fingerprint density at radius 1 is 1.11 bits per heavy atom. The number of rotatable bonds is 6. The third-order valence-corrected chi connectivity index (χ3v) is 4.85. The largest absolute Gasteiger partial charge is 0.450 e. The van der Waals surface area contributed by atoms with Crippen LogP contribution in [-0.2, 0) is 31.2 Å². The standard InChI is InChI=1S/C19H34N6O2.HI/c1-6-16-15(17(7-2)23(5)22-16)14-21-18(20-8-3)24-10-12-25(13-11-24)19(26)27-9-4;/h6-14H2,1-5H3,(H,20,21);1H. The van der Waals surface area contributed by atoms with E-state index in [1.54, 1.807) is 4.90 Å². The van der Waals surface area contributed by atoms with Gasteiger partial charge in [-0.05, 0) is 26.7 Å². The van der Waals surface area contributed by atoms with Crippen molar-refractivity contribution in [2.24, 2.45) is 12.0 Å². The second-order valence-corrected chi connectivity index (χ2v) is 6.55. The van der Waals surface area contributed by atoms with E-state index in [0.29, 0.717) is 26.2 Å².